The lowest BCUT2D eigenvalue weighted by Gasteiger charge is -2.32. The van der Waals surface area contributed by atoms with E-state index in [1.807, 2.05) is 0 Å². The van der Waals surface area contributed by atoms with E-state index >= 15 is 0 Å². The number of carbonyl (C=O) groups excluding carboxylic acids is 1. The Bertz CT molecular complexity index is 185. The average Bonchev–Trinajstić information content (AvgIpc) is 2.30. The number of amides is 1. The van der Waals surface area contributed by atoms with Crippen LogP contribution < -0.4 is 5.32 Å². The molecule has 1 heterocycles. The van der Waals surface area contributed by atoms with E-state index in [-0.39, 0.29) is 18.2 Å². The van der Waals surface area contributed by atoms with Crippen molar-refractivity contribution in [2.75, 3.05) is 0 Å². The number of ether oxygens (including phenoxy) is 1. The van der Waals surface area contributed by atoms with Gasteiger partial charge >= 0.3 is 6.09 Å². The topological polar surface area (TPSA) is 38.3 Å². The van der Waals surface area contributed by atoms with Crippen molar-refractivity contribution in [1.29, 1.82) is 0 Å². The van der Waals surface area contributed by atoms with E-state index < -0.39 is 0 Å². The van der Waals surface area contributed by atoms with Gasteiger partial charge in [-0.3, -0.25) is 0 Å². The summed E-state index contributed by atoms with van der Waals surface area (Å²) in [5.41, 5.74) is 0. The molecule has 4 atom stereocenters. The van der Waals surface area contributed by atoms with Crippen molar-refractivity contribution >= 4 is 6.09 Å². The highest BCUT2D eigenvalue weighted by Crippen LogP contribution is 2.33. The highest BCUT2D eigenvalue weighted by Gasteiger charge is 2.40. The first-order valence-electron chi connectivity index (χ1n) is 4.64. The second-order valence-corrected chi connectivity index (χ2v) is 4.12. The Kier molecular flexibility index (Phi) is 1.74. The highest BCUT2D eigenvalue weighted by atomic mass is 16.6. The molecule has 1 saturated carbocycles. The quantitative estimate of drug-likeness (QED) is 0.597. The van der Waals surface area contributed by atoms with Crippen molar-refractivity contribution in [3.05, 3.63) is 0 Å². The van der Waals surface area contributed by atoms with Crippen molar-refractivity contribution in [2.45, 2.75) is 38.8 Å². The summed E-state index contributed by atoms with van der Waals surface area (Å²) in [4.78, 5) is 10.9. The zero-order chi connectivity index (χ0) is 8.72. The van der Waals surface area contributed by atoms with E-state index in [0.717, 1.165) is 12.8 Å². The highest BCUT2D eigenvalue weighted by molar-refractivity contribution is 5.70. The zero-order valence-corrected chi connectivity index (χ0v) is 7.54. The molecule has 1 amide bonds. The molecule has 2 aliphatic rings. The lowest BCUT2D eigenvalue weighted by atomic mass is 9.78. The van der Waals surface area contributed by atoms with Gasteiger partial charge in [0.1, 0.15) is 6.10 Å². The largest absolute Gasteiger partial charge is 0.444 e. The fourth-order valence-electron chi connectivity index (χ4n) is 2.15. The molecule has 68 valence electrons. The first-order chi connectivity index (χ1) is 5.66. The number of hydrogen-bond acceptors (Lipinski definition) is 2. The van der Waals surface area contributed by atoms with Crippen molar-refractivity contribution in [2.24, 2.45) is 11.8 Å². The minimum Gasteiger partial charge on any atom is -0.444 e. The lowest BCUT2D eigenvalue weighted by Crippen LogP contribution is -2.40. The molecule has 1 N–H and O–H groups in total. The van der Waals surface area contributed by atoms with Crippen LogP contribution in [-0.2, 0) is 4.74 Å². The van der Waals surface area contributed by atoms with Crippen LogP contribution >= 0.6 is 0 Å². The van der Waals surface area contributed by atoms with Crippen LogP contribution in [0.3, 0.4) is 0 Å². The Morgan fingerprint density at radius 2 is 2.00 bits per heavy atom. The second-order valence-electron chi connectivity index (χ2n) is 4.12. The Morgan fingerprint density at radius 3 is 2.75 bits per heavy atom. The summed E-state index contributed by atoms with van der Waals surface area (Å²) >= 11 is 0. The van der Waals surface area contributed by atoms with Gasteiger partial charge in [-0.25, -0.2) is 4.79 Å². The van der Waals surface area contributed by atoms with Gasteiger partial charge in [0, 0.05) is 0 Å². The van der Waals surface area contributed by atoms with Crippen LogP contribution in [0.4, 0.5) is 4.79 Å². The van der Waals surface area contributed by atoms with Gasteiger partial charge in [-0.05, 0) is 24.7 Å². The van der Waals surface area contributed by atoms with Gasteiger partial charge in [0.25, 0.3) is 0 Å². The van der Waals surface area contributed by atoms with E-state index in [9.17, 15) is 4.79 Å². The third kappa shape index (κ3) is 1.17. The molecule has 3 heteroatoms. The summed E-state index contributed by atoms with van der Waals surface area (Å²) in [5, 5.41) is 2.85. The van der Waals surface area contributed by atoms with E-state index in [1.165, 1.54) is 0 Å². The molecule has 0 aromatic heterocycles. The Morgan fingerprint density at radius 1 is 1.33 bits per heavy atom. The molecule has 0 spiro atoms. The van der Waals surface area contributed by atoms with Crippen LogP contribution in [0.25, 0.3) is 0 Å². The average molecular weight is 169 g/mol. The summed E-state index contributed by atoms with van der Waals surface area (Å²) in [7, 11) is 0. The van der Waals surface area contributed by atoms with Crippen molar-refractivity contribution in [1.82, 2.24) is 5.32 Å². The minimum atomic E-state index is -0.230. The predicted octanol–water partition coefficient (Wildman–Crippen LogP) is 1.53. The van der Waals surface area contributed by atoms with Crippen LogP contribution in [-0.4, -0.2) is 18.2 Å². The van der Waals surface area contributed by atoms with Gasteiger partial charge in [-0.15, -0.1) is 0 Å². The lowest BCUT2D eigenvalue weighted by molar-refractivity contribution is 0.0786. The standard InChI is InChI=1S/C9H15NO2/c1-5-3-7-8(4-6(5)2)12-9(11)10-7/h5-8H,3-4H2,1-2H3,(H,10,11)/t5-,6-,7-,8+/m0/s1. The molecule has 0 bridgehead atoms. The summed E-state index contributed by atoms with van der Waals surface area (Å²) in [5.74, 6) is 1.38. The van der Waals surface area contributed by atoms with Crippen LogP contribution in [0.1, 0.15) is 26.7 Å². The zero-order valence-electron chi connectivity index (χ0n) is 7.54. The van der Waals surface area contributed by atoms with Gasteiger partial charge in [0.2, 0.25) is 0 Å². The Labute approximate surface area is 72.5 Å². The molecule has 3 nitrogen and oxygen atoms in total. The van der Waals surface area contributed by atoms with Gasteiger partial charge in [-0.1, -0.05) is 13.8 Å². The molecule has 0 aromatic rings. The molecule has 2 rings (SSSR count). The number of alkyl carbamates (subject to hydrolysis) is 1. The molecule has 0 unspecified atom stereocenters. The molecular weight excluding hydrogens is 154 g/mol. The van der Waals surface area contributed by atoms with Crippen molar-refractivity contribution < 1.29 is 9.53 Å². The van der Waals surface area contributed by atoms with Gasteiger partial charge in [0.15, 0.2) is 0 Å². The molecule has 12 heavy (non-hydrogen) atoms. The van der Waals surface area contributed by atoms with E-state index in [1.54, 1.807) is 0 Å². The van der Waals surface area contributed by atoms with Gasteiger partial charge in [-0.2, -0.15) is 0 Å². The second kappa shape index (κ2) is 2.64. The maximum atomic E-state index is 10.9. The van der Waals surface area contributed by atoms with Crippen LogP contribution in [0.2, 0.25) is 0 Å². The van der Waals surface area contributed by atoms with Crippen LogP contribution in [0.15, 0.2) is 0 Å². The van der Waals surface area contributed by atoms with E-state index in [0.29, 0.717) is 11.8 Å². The van der Waals surface area contributed by atoms with Crippen LogP contribution in [0.5, 0.6) is 0 Å². The van der Waals surface area contributed by atoms with Gasteiger partial charge < -0.3 is 10.1 Å². The monoisotopic (exact) mass is 169 g/mol. The summed E-state index contributed by atoms with van der Waals surface area (Å²) in [6, 6.07) is 0.281. The smallest absolute Gasteiger partial charge is 0.407 e. The Hall–Kier alpha value is -0.730. The molecule has 0 radical (unpaired) electrons. The number of rotatable bonds is 0. The summed E-state index contributed by atoms with van der Waals surface area (Å²) < 4.78 is 5.13. The Balaban J connectivity index is 2.05. The molecule has 1 saturated heterocycles. The normalized spacial score (nSPS) is 46.3. The van der Waals surface area contributed by atoms with E-state index in [2.05, 4.69) is 19.2 Å². The summed E-state index contributed by atoms with van der Waals surface area (Å²) in [6.07, 6.45) is 2.00. The molecule has 0 aromatic carbocycles. The molecule has 1 aliphatic carbocycles. The number of fused-ring (bicyclic) bond motifs is 1. The maximum Gasteiger partial charge on any atom is 0.407 e. The number of hydrogen-bond donors (Lipinski definition) is 1. The van der Waals surface area contributed by atoms with Gasteiger partial charge in [0.05, 0.1) is 6.04 Å². The van der Waals surface area contributed by atoms with Crippen molar-refractivity contribution in [3.63, 3.8) is 0 Å². The fraction of sp³-hybridized carbons (Fsp3) is 0.889. The summed E-state index contributed by atoms with van der Waals surface area (Å²) in [6.45, 7) is 4.47. The first-order valence-corrected chi connectivity index (χ1v) is 4.64. The van der Waals surface area contributed by atoms with Crippen molar-refractivity contribution in [3.8, 4) is 0 Å². The van der Waals surface area contributed by atoms with E-state index in [4.69, 9.17) is 4.74 Å². The van der Waals surface area contributed by atoms with Crippen LogP contribution in [0, 0.1) is 11.8 Å². The number of carbonyl (C=O) groups is 1. The SMILES string of the molecule is C[C@H]1C[C@@H]2NC(=O)O[C@@H]2C[C@@H]1C. The number of nitrogens with one attached hydrogen (secondary N) is 1. The third-order valence-electron chi connectivity index (χ3n) is 3.21. The first kappa shape index (κ1) is 7.90. The predicted molar refractivity (Wildman–Crippen MR) is 44.8 cm³/mol. The molecule has 1 aliphatic heterocycles. The molecular formula is C9H15NO2. The maximum absolute atomic E-state index is 10.9. The minimum absolute atomic E-state index is 0.142. The molecule has 2 fully saturated rings. The third-order valence-corrected chi connectivity index (χ3v) is 3.21. The fourth-order valence-corrected chi connectivity index (χ4v) is 2.15.